The number of hydrogen-bond donors (Lipinski definition) is 2. The highest BCUT2D eigenvalue weighted by Crippen LogP contribution is 2.44. The Morgan fingerprint density at radius 3 is 2.33 bits per heavy atom. The Kier molecular flexibility index (Phi) is 7.45. The van der Waals surface area contributed by atoms with E-state index in [0.717, 1.165) is 25.3 Å². The summed E-state index contributed by atoms with van der Waals surface area (Å²) in [4.78, 5) is 28.6. The lowest BCUT2D eigenvalue weighted by atomic mass is 9.85. The molecule has 39 heavy (non-hydrogen) atoms. The van der Waals surface area contributed by atoms with Gasteiger partial charge in [-0.2, -0.15) is 0 Å². The van der Waals surface area contributed by atoms with Crippen molar-refractivity contribution in [1.82, 2.24) is 4.90 Å². The molecule has 2 heterocycles. The molecule has 1 atom stereocenters. The van der Waals surface area contributed by atoms with E-state index in [2.05, 4.69) is 0 Å². The Morgan fingerprint density at radius 1 is 0.923 bits per heavy atom. The zero-order valence-corrected chi connectivity index (χ0v) is 22.0. The van der Waals surface area contributed by atoms with Crippen molar-refractivity contribution in [2.24, 2.45) is 0 Å². The summed E-state index contributed by atoms with van der Waals surface area (Å²) in [6, 6.07) is 16.8. The highest BCUT2D eigenvalue weighted by Gasteiger charge is 2.30. The van der Waals surface area contributed by atoms with Crippen molar-refractivity contribution in [1.29, 1.82) is 0 Å². The minimum absolute atomic E-state index is 0.0161. The number of methoxy groups -OCH3 is 2. The van der Waals surface area contributed by atoms with E-state index in [1.165, 1.54) is 20.3 Å². The number of piperidine rings is 1. The van der Waals surface area contributed by atoms with Crippen LogP contribution < -0.4 is 14.9 Å². The number of carbonyl (C=O) groups excluding carboxylic acids is 1. The highest BCUT2D eigenvalue weighted by atomic mass is 16.5. The predicted molar refractivity (Wildman–Crippen MR) is 148 cm³/mol. The predicted octanol–water partition coefficient (Wildman–Crippen LogP) is 5.42. The summed E-state index contributed by atoms with van der Waals surface area (Å²) in [6.07, 6.45) is 2.98. The average Bonchev–Trinajstić information content (AvgIpc) is 2.96. The van der Waals surface area contributed by atoms with Crippen molar-refractivity contribution in [3.8, 4) is 34.3 Å². The topological polar surface area (TPSA) is 109 Å². The number of amides is 1. The van der Waals surface area contributed by atoms with Gasteiger partial charge in [0.05, 0.1) is 14.2 Å². The summed E-state index contributed by atoms with van der Waals surface area (Å²) in [5.74, 6) is -0.201. The Balaban J connectivity index is 1.74. The maximum absolute atomic E-state index is 13.5. The fraction of sp³-hybridized carbons (Fsp3) is 0.290. The number of ether oxygens (including phenoxy) is 2. The summed E-state index contributed by atoms with van der Waals surface area (Å²) in [5.41, 5.74) is 1.15. The Bertz CT molecular complexity index is 1560. The molecule has 1 aromatic heterocycles. The van der Waals surface area contributed by atoms with Gasteiger partial charge >= 0.3 is 0 Å². The Labute approximate surface area is 226 Å². The van der Waals surface area contributed by atoms with Crippen molar-refractivity contribution >= 4 is 16.9 Å². The largest absolute Gasteiger partial charge is 0.507 e. The first-order valence-electron chi connectivity index (χ1n) is 13.0. The van der Waals surface area contributed by atoms with E-state index in [1.54, 1.807) is 30.3 Å². The molecule has 4 aromatic rings. The lowest BCUT2D eigenvalue weighted by Crippen LogP contribution is -2.36. The van der Waals surface area contributed by atoms with E-state index in [0.29, 0.717) is 35.7 Å². The van der Waals surface area contributed by atoms with Gasteiger partial charge in [0, 0.05) is 48.7 Å². The Hall–Kier alpha value is -4.46. The molecule has 5 rings (SSSR count). The average molecular weight is 530 g/mol. The number of fused-ring (bicyclic) bond motifs is 1. The lowest BCUT2D eigenvalue weighted by molar-refractivity contribution is -0.132. The zero-order valence-electron chi connectivity index (χ0n) is 22.0. The van der Waals surface area contributed by atoms with Gasteiger partial charge in [-0.1, -0.05) is 36.4 Å². The molecule has 0 radical (unpaired) electrons. The van der Waals surface area contributed by atoms with Gasteiger partial charge in [0.15, 0.2) is 16.9 Å². The van der Waals surface area contributed by atoms with Gasteiger partial charge < -0.3 is 29.0 Å². The second kappa shape index (κ2) is 11.1. The molecule has 0 spiro atoms. The third-order valence-corrected chi connectivity index (χ3v) is 7.30. The van der Waals surface area contributed by atoms with Crippen LogP contribution in [0.4, 0.5) is 0 Å². The Morgan fingerprint density at radius 2 is 1.64 bits per heavy atom. The molecular weight excluding hydrogens is 498 g/mol. The second-order valence-corrected chi connectivity index (χ2v) is 9.69. The molecule has 202 valence electrons. The van der Waals surface area contributed by atoms with E-state index in [-0.39, 0.29) is 40.4 Å². The van der Waals surface area contributed by atoms with Crippen LogP contribution in [-0.2, 0) is 4.79 Å². The maximum atomic E-state index is 13.5. The molecule has 1 amide bonds. The third kappa shape index (κ3) is 5.14. The van der Waals surface area contributed by atoms with Crippen LogP contribution in [0, 0.1) is 0 Å². The van der Waals surface area contributed by atoms with Crippen LogP contribution in [0.15, 0.2) is 69.9 Å². The standard InChI is InChI=1S/C31H31NO7/c1-37-25-12-11-20(15-27(25)38-2)21(16-28(36)32-13-7-4-8-14-32)29-22(33)17-23(34)30-24(35)18-26(39-31(29)30)19-9-5-3-6-10-19/h3,5-6,9-12,15,17-18,21,33-34H,4,7-8,13-14,16H2,1-2H3/t21-/m1/s1. The van der Waals surface area contributed by atoms with Gasteiger partial charge in [0.2, 0.25) is 5.91 Å². The first-order chi connectivity index (χ1) is 18.9. The molecule has 0 saturated carbocycles. The fourth-order valence-electron chi connectivity index (χ4n) is 5.31. The quantitative estimate of drug-likeness (QED) is 0.329. The van der Waals surface area contributed by atoms with Crippen LogP contribution in [0.25, 0.3) is 22.3 Å². The summed E-state index contributed by atoms with van der Waals surface area (Å²) in [7, 11) is 3.06. The van der Waals surface area contributed by atoms with Gasteiger partial charge in [0.1, 0.15) is 28.2 Å². The lowest BCUT2D eigenvalue weighted by Gasteiger charge is -2.29. The first kappa shape index (κ1) is 26.2. The van der Waals surface area contributed by atoms with Crippen molar-refractivity contribution in [2.45, 2.75) is 31.6 Å². The highest BCUT2D eigenvalue weighted by molar-refractivity contribution is 5.91. The number of aromatic hydroxyl groups is 2. The molecule has 1 aliphatic rings. The van der Waals surface area contributed by atoms with Gasteiger partial charge in [-0.05, 0) is 37.0 Å². The SMILES string of the molecule is COc1ccc([C@@H](CC(=O)N2CCCCC2)c2c(O)cc(O)c3c(=O)cc(-c4ccccc4)oc23)cc1OC. The molecular formula is C31H31NO7. The number of benzene rings is 3. The van der Waals surface area contributed by atoms with Gasteiger partial charge in [-0.15, -0.1) is 0 Å². The summed E-state index contributed by atoms with van der Waals surface area (Å²) >= 11 is 0. The molecule has 0 bridgehead atoms. The molecule has 1 saturated heterocycles. The number of phenols is 2. The number of likely N-dealkylation sites (tertiary alicyclic amines) is 1. The monoisotopic (exact) mass is 529 g/mol. The van der Waals surface area contributed by atoms with E-state index >= 15 is 0 Å². The van der Waals surface area contributed by atoms with Crippen LogP contribution in [0.5, 0.6) is 23.0 Å². The summed E-state index contributed by atoms with van der Waals surface area (Å²) in [5, 5.41) is 21.8. The number of carbonyl (C=O) groups is 1. The van der Waals surface area contributed by atoms with E-state index in [9.17, 15) is 19.8 Å². The van der Waals surface area contributed by atoms with E-state index in [1.807, 2.05) is 23.1 Å². The van der Waals surface area contributed by atoms with Crippen LogP contribution >= 0.6 is 0 Å². The molecule has 1 aliphatic heterocycles. The fourth-order valence-corrected chi connectivity index (χ4v) is 5.31. The second-order valence-electron chi connectivity index (χ2n) is 9.69. The number of hydrogen-bond acceptors (Lipinski definition) is 7. The summed E-state index contributed by atoms with van der Waals surface area (Å²) in [6.45, 7) is 1.35. The van der Waals surface area contributed by atoms with Crippen LogP contribution in [0.2, 0.25) is 0 Å². The van der Waals surface area contributed by atoms with Crippen LogP contribution in [0.1, 0.15) is 42.7 Å². The van der Waals surface area contributed by atoms with Crippen molar-refractivity contribution in [3.63, 3.8) is 0 Å². The summed E-state index contributed by atoms with van der Waals surface area (Å²) < 4.78 is 17.2. The smallest absolute Gasteiger partial charge is 0.223 e. The zero-order chi connectivity index (χ0) is 27.5. The molecule has 3 aromatic carbocycles. The molecule has 1 fully saturated rings. The normalized spacial score (nSPS) is 14.3. The van der Waals surface area contributed by atoms with Crippen molar-refractivity contribution in [2.75, 3.05) is 27.3 Å². The van der Waals surface area contributed by atoms with Gasteiger partial charge in [-0.3, -0.25) is 9.59 Å². The number of nitrogens with zero attached hydrogens (tertiary/aromatic N) is 1. The van der Waals surface area contributed by atoms with Gasteiger partial charge in [-0.25, -0.2) is 0 Å². The number of phenolic OH excluding ortho intramolecular Hbond substituents is 2. The maximum Gasteiger partial charge on any atom is 0.223 e. The minimum Gasteiger partial charge on any atom is -0.507 e. The van der Waals surface area contributed by atoms with Gasteiger partial charge in [0.25, 0.3) is 0 Å². The molecule has 8 nitrogen and oxygen atoms in total. The van der Waals surface area contributed by atoms with E-state index < -0.39 is 17.1 Å². The van der Waals surface area contributed by atoms with Crippen molar-refractivity contribution < 1.29 is 28.9 Å². The molecule has 0 aliphatic carbocycles. The number of rotatable bonds is 7. The molecule has 2 N–H and O–H groups in total. The third-order valence-electron chi connectivity index (χ3n) is 7.30. The molecule has 0 unspecified atom stereocenters. The molecule has 8 heteroatoms. The van der Waals surface area contributed by atoms with Crippen LogP contribution in [0.3, 0.4) is 0 Å². The minimum atomic E-state index is -0.712. The van der Waals surface area contributed by atoms with E-state index in [4.69, 9.17) is 13.9 Å². The van der Waals surface area contributed by atoms with Crippen molar-refractivity contribution in [3.05, 3.63) is 82.0 Å². The first-order valence-corrected chi connectivity index (χ1v) is 13.0. The van der Waals surface area contributed by atoms with Crippen LogP contribution in [-0.4, -0.2) is 48.3 Å².